The molecule has 3 rings (SSSR count). The summed E-state index contributed by atoms with van der Waals surface area (Å²) in [6, 6.07) is 6.81. The molecule has 1 heterocycles. The zero-order chi connectivity index (χ0) is 12.7. The molecule has 1 aliphatic rings. The Bertz CT molecular complexity index is 738. The Morgan fingerprint density at radius 1 is 1.28 bits per heavy atom. The van der Waals surface area contributed by atoms with Crippen LogP contribution in [0.5, 0.6) is 0 Å². The summed E-state index contributed by atoms with van der Waals surface area (Å²) in [5, 5.41) is 0.431. The first kappa shape index (κ1) is 11.0. The highest BCUT2D eigenvalue weighted by molar-refractivity contribution is 5.85. The van der Waals surface area contributed by atoms with E-state index in [1.54, 1.807) is 24.3 Å². The second-order valence-electron chi connectivity index (χ2n) is 4.60. The fraction of sp³-hybridized carbons (Fsp3) is 0.308. The molecule has 0 unspecified atom stereocenters. The molecule has 0 amide bonds. The van der Waals surface area contributed by atoms with E-state index in [-0.39, 0.29) is 18.2 Å². The van der Waals surface area contributed by atoms with Gasteiger partial charge in [-0.3, -0.25) is 19.1 Å². The lowest BCUT2D eigenvalue weighted by Gasteiger charge is -2.07. The molecule has 1 N–H and O–H groups in total. The first-order chi connectivity index (χ1) is 8.66. The SMILES string of the molecule is O=C(Cn1c(=O)[nH]c(=O)c2ccccc21)C1CC1. The number of ketones is 1. The fourth-order valence-electron chi connectivity index (χ4n) is 2.09. The molecule has 1 fully saturated rings. The van der Waals surface area contributed by atoms with Crippen LogP contribution in [0.2, 0.25) is 0 Å². The predicted octanol–water partition coefficient (Wildman–Crippen LogP) is 0.669. The number of carbonyl (C=O) groups is 1. The highest BCUT2D eigenvalue weighted by Crippen LogP contribution is 2.30. The number of para-hydroxylation sites is 1. The van der Waals surface area contributed by atoms with E-state index < -0.39 is 11.2 Å². The maximum atomic E-state index is 11.8. The molecule has 1 saturated carbocycles. The van der Waals surface area contributed by atoms with Gasteiger partial charge in [0.05, 0.1) is 17.4 Å². The lowest BCUT2D eigenvalue weighted by atomic mass is 10.2. The van der Waals surface area contributed by atoms with E-state index in [4.69, 9.17) is 0 Å². The smallest absolute Gasteiger partial charge is 0.297 e. The van der Waals surface area contributed by atoms with Gasteiger partial charge in [-0.25, -0.2) is 4.79 Å². The topological polar surface area (TPSA) is 71.9 Å². The maximum Gasteiger partial charge on any atom is 0.329 e. The highest BCUT2D eigenvalue weighted by Gasteiger charge is 2.29. The first-order valence-electron chi connectivity index (χ1n) is 5.91. The van der Waals surface area contributed by atoms with Gasteiger partial charge in [0, 0.05) is 5.92 Å². The Morgan fingerprint density at radius 2 is 2.00 bits per heavy atom. The normalized spacial score (nSPS) is 14.9. The molecule has 1 aromatic heterocycles. The molecule has 0 radical (unpaired) electrons. The van der Waals surface area contributed by atoms with Crippen molar-refractivity contribution in [3.8, 4) is 0 Å². The van der Waals surface area contributed by atoms with E-state index in [2.05, 4.69) is 4.98 Å². The van der Waals surface area contributed by atoms with E-state index in [0.717, 1.165) is 12.8 Å². The van der Waals surface area contributed by atoms with Crippen molar-refractivity contribution in [2.45, 2.75) is 19.4 Å². The Hall–Kier alpha value is -2.17. The molecular weight excluding hydrogens is 232 g/mol. The molecule has 0 bridgehead atoms. The quantitative estimate of drug-likeness (QED) is 0.862. The van der Waals surface area contributed by atoms with Gasteiger partial charge in [0.25, 0.3) is 5.56 Å². The molecule has 0 aliphatic heterocycles. The monoisotopic (exact) mass is 244 g/mol. The van der Waals surface area contributed by atoms with Crippen LogP contribution in [0.15, 0.2) is 33.9 Å². The highest BCUT2D eigenvalue weighted by atomic mass is 16.2. The predicted molar refractivity (Wildman–Crippen MR) is 66.6 cm³/mol. The van der Waals surface area contributed by atoms with Gasteiger partial charge in [0.15, 0.2) is 5.78 Å². The number of nitrogens with one attached hydrogen (secondary N) is 1. The fourth-order valence-corrected chi connectivity index (χ4v) is 2.09. The molecule has 18 heavy (non-hydrogen) atoms. The molecule has 0 spiro atoms. The zero-order valence-corrected chi connectivity index (χ0v) is 9.68. The van der Waals surface area contributed by atoms with Crippen LogP contribution in [0.4, 0.5) is 0 Å². The van der Waals surface area contributed by atoms with Crippen LogP contribution in [0, 0.1) is 5.92 Å². The second kappa shape index (κ2) is 3.94. The molecular formula is C13H12N2O3. The van der Waals surface area contributed by atoms with Crippen molar-refractivity contribution >= 4 is 16.7 Å². The van der Waals surface area contributed by atoms with Crippen LogP contribution in [0.3, 0.4) is 0 Å². The molecule has 1 aliphatic carbocycles. The standard InChI is InChI=1S/C13H12N2O3/c16-11(8-5-6-8)7-15-10-4-2-1-3-9(10)12(17)14-13(15)18/h1-4,8H,5-7H2,(H,14,17,18). The van der Waals surface area contributed by atoms with Crippen LogP contribution >= 0.6 is 0 Å². The average molecular weight is 244 g/mol. The third-order valence-electron chi connectivity index (χ3n) is 3.25. The number of nitrogens with zero attached hydrogens (tertiary/aromatic N) is 1. The Labute approximate surface area is 102 Å². The number of hydrogen-bond donors (Lipinski definition) is 1. The molecule has 0 saturated heterocycles. The molecule has 2 aromatic rings. The summed E-state index contributed by atoms with van der Waals surface area (Å²) in [5.74, 6) is 0.164. The van der Waals surface area contributed by atoms with Gasteiger partial charge < -0.3 is 0 Å². The number of carbonyl (C=O) groups excluding carboxylic acids is 1. The van der Waals surface area contributed by atoms with Crippen molar-refractivity contribution in [2.24, 2.45) is 5.92 Å². The van der Waals surface area contributed by atoms with Crippen LogP contribution in [-0.2, 0) is 11.3 Å². The van der Waals surface area contributed by atoms with Crippen molar-refractivity contribution in [1.82, 2.24) is 9.55 Å². The molecule has 5 heteroatoms. The second-order valence-corrected chi connectivity index (χ2v) is 4.60. The van der Waals surface area contributed by atoms with E-state index in [0.29, 0.717) is 10.9 Å². The first-order valence-corrected chi connectivity index (χ1v) is 5.91. The Morgan fingerprint density at radius 3 is 2.72 bits per heavy atom. The van der Waals surface area contributed by atoms with Gasteiger partial charge in [0.2, 0.25) is 0 Å². The minimum Gasteiger partial charge on any atom is -0.297 e. The third-order valence-corrected chi connectivity index (χ3v) is 3.25. The lowest BCUT2D eigenvalue weighted by Crippen LogP contribution is -2.32. The number of H-pyrrole nitrogens is 1. The Balaban J connectivity index is 2.18. The number of aromatic amines is 1. The summed E-state index contributed by atoms with van der Waals surface area (Å²) in [7, 11) is 0. The van der Waals surface area contributed by atoms with E-state index in [1.165, 1.54) is 4.57 Å². The lowest BCUT2D eigenvalue weighted by molar-refractivity contribution is -0.120. The summed E-state index contributed by atoms with van der Waals surface area (Å²) in [4.78, 5) is 37.5. The minimum atomic E-state index is -0.521. The zero-order valence-electron chi connectivity index (χ0n) is 9.68. The van der Waals surface area contributed by atoms with Crippen LogP contribution in [0.1, 0.15) is 12.8 Å². The van der Waals surface area contributed by atoms with Crippen molar-refractivity contribution in [3.63, 3.8) is 0 Å². The summed E-state index contributed by atoms with van der Waals surface area (Å²) in [5.41, 5.74) is -0.418. The van der Waals surface area contributed by atoms with Crippen molar-refractivity contribution < 1.29 is 4.79 Å². The van der Waals surface area contributed by atoms with Gasteiger partial charge in [-0.2, -0.15) is 0 Å². The number of fused-ring (bicyclic) bond motifs is 1. The summed E-state index contributed by atoms with van der Waals surface area (Å²) in [6.07, 6.45) is 1.82. The van der Waals surface area contributed by atoms with Crippen LogP contribution in [0.25, 0.3) is 10.9 Å². The van der Waals surface area contributed by atoms with Gasteiger partial charge in [-0.15, -0.1) is 0 Å². The van der Waals surface area contributed by atoms with Crippen molar-refractivity contribution in [3.05, 3.63) is 45.1 Å². The summed E-state index contributed by atoms with van der Waals surface area (Å²) >= 11 is 0. The van der Waals surface area contributed by atoms with Gasteiger partial charge in [-0.1, -0.05) is 12.1 Å². The van der Waals surface area contributed by atoms with Crippen LogP contribution in [-0.4, -0.2) is 15.3 Å². The summed E-state index contributed by atoms with van der Waals surface area (Å²) in [6.45, 7) is 0.0425. The largest absolute Gasteiger partial charge is 0.329 e. The van der Waals surface area contributed by atoms with Crippen LogP contribution < -0.4 is 11.2 Å². The molecule has 1 aromatic carbocycles. The maximum absolute atomic E-state index is 11.8. The van der Waals surface area contributed by atoms with E-state index >= 15 is 0 Å². The number of hydrogen-bond acceptors (Lipinski definition) is 3. The van der Waals surface area contributed by atoms with E-state index in [9.17, 15) is 14.4 Å². The molecule has 5 nitrogen and oxygen atoms in total. The number of Topliss-reactive ketones (excluding diaryl/α,β-unsaturated/α-hetero) is 1. The number of benzene rings is 1. The van der Waals surface area contributed by atoms with Gasteiger partial charge in [-0.05, 0) is 25.0 Å². The van der Waals surface area contributed by atoms with Crippen molar-refractivity contribution in [2.75, 3.05) is 0 Å². The average Bonchev–Trinajstić information content (AvgIpc) is 3.18. The number of rotatable bonds is 3. The van der Waals surface area contributed by atoms with Gasteiger partial charge in [0.1, 0.15) is 0 Å². The number of aromatic nitrogens is 2. The summed E-state index contributed by atoms with van der Waals surface area (Å²) < 4.78 is 1.34. The minimum absolute atomic E-state index is 0.0425. The molecule has 0 atom stereocenters. The van der Waals surface area contributed by atoms with Gasteiger partial charge >= 0.3 is 5.69 Å². The third kappa shape index (κ3) is 1.77. The van der Waals surface area contributed by atoms with E-state index in [1.807, 2.05) is 0 Å². The van der Waals surface area contributed by atoms with Crippen molar-refractivity contribution in [1.29, 1.82) is 0 Å². The molecule has 92 valence electrons. The Kier molecular flexibility index (Phi) is 2.40.